The van der Waals surface area contributed by atoms with Crippen LogP contribution in [0.1, 0.15) is 63.5 Å². The van der Waals surface area contributed by atoms with Crippen molar-refractivity contribution in [2.75, 3.05) is 0 Å². The van der Waals surface area contributed by atoms with Gasteiger partial charge >= 0.3 is 12.0 Å². The van der Waals surface area contributed by atoms with Gasteiger partial charge in [0.2, 0.25) is 0 Å². The number of hydrogen-bond acceptors (Lipinski definition) is 4. The molecule has 0 bridgehead atoms. The monoisotopic (exact) mass is 409 g/mol. The molecule has 28 heavy (non-hydrogen) atoms. The molecule has 0 radical (unpaired) electrons. The van der Waals surface area contributed by atoms with Gasteiger partial charge in [0.1, 0.15) is 0 Å². The number of urea groups is 1. The van der Waals surface area contributed by atoms with Crippen molar-refractivity contribution in [1.29, 1.82) is 0 Å². The third-order valence-corrected chi connectivity index (χ3v) is 5.19. The number of primary amides is 1. The molecule has 0 heterocycles. The van der Waals surface area contributed by atoms with Gasteiger partial charge in [0.05, 0.1) is 12.5 Å². The van der Waals surface area contributed by atoms with Crippen LogP contribution in [0.2, 0.25) is 5.02 Å². The van der Waals surface area contributed by atoms with Gasteiger partial charge < -0.3 is 21.1 Å². The van der Waals surface area contributed by atoms with Crippen LogP contribution in [-0.2, 0) is 14.3 Å². The molecule has 2 atom stereocenters. The highest BCUT2D eigenvalue weighted by atomic mass is 35.5. The zero-order chi connectivity index (χ0) is 20.5. The van der Waals surface area contributed by atoms with Crippen molar-refractivity contribution in [2.45, 2.75) is 70.1 Å². The Bertz CT molecular complexity index is 690. The first-order valence-corrected chi connectivity index (χ1v) is 10.0. The highest BCUT2D eigenvalue weighted by molar-refractivity contribution is 6.31. The first kappa shape index (κ1) is 22.0. The normalized spacial score (nSPS) is 17.1. The predicted molar refractivity (Wildman–Crippen MR) is 107 cm³/mol. The van der Waals surface area contributed by atoms with Crippen molar-refractivity contribution >= 4 is 29.5 Å². The Hall–Kier alpha value is -2.28. The Labute approximate surface area is 170 Å². The summed E-state index contributed by atoms with van der Waals surface area (Å²) >= 11 is 6.16. The fourth-order valence-electron chi connectivity index (χ4n) is 3.38. The smallest absolute Gasteiger partial charge is 0.312 e. The molecule has 1 aliphatic rings. The van der Waals surface area contributed by atoms with Gasteiger partial charge in [-0.05, 0) is 31.4 Å². The van der Waals surface area contributed by atoms with Crippen molar-refractivity contribution in [3.05, 3.63) is 34.9 Å². The molecule has 0 saturated heterocycles. The van der Waals surface area contributed by atoms with Gasteiger partial charge in [-0.25, -0.2) is 4.79 Å². The third-order valence-electron chi connectivity index (χ3n) is 4.85. The minimum Gasteiger partial charge on any atom is -0.452 e. The topological polar surface area (TPSA) is 111 Å². The van der Waals surface area contributed by atoms with Crippen molar-refractivity contribution in [3.63, 3.8) is 0 Å². The standard InChI is InChI=1S/C20H28ClN3O4/c1-13(19(26)23-14-8-4-2-3-5-9-14)28-18(25)12-17(24-20(22)27)15-10-6-7-11-16(15)21/h6-7,10-11,13-14,17H,2-5,8-9,12H2,1H3,(H,23,26)(H3,22,24,27)/t13-,17+/m1/s1. The number of carbonyl (C=O) groups excluding carboxylic acids is 3. The van der Waals surface area contributed by atoms with Gasteiger partial charge in [-0.2, -0.15) is 0 Å². The average Bonchev–Trinajstić information content (AvgIpc) is 2.89. The van der Waals surface area contributed by atoms with Crippen molar-refractivity contribution in [1.82, 2.24) is 10.6 Å². The summed E-state index contributed by atoms with van der Waals surface area (Å²) in [6, 6.07) is 5.44. The number of esters is 1. The van der Waals surface area contributed by atoms with Crippen LogP contribution in [0.3, 0.4) is 0 Å². The maximum Gasteiger partial charge on any atom is 0.312 e. The predicted octanol–water partition coefficient (Wildman–Crippen LogP) is 3.21. The van der Waals surface area contributed by atoms with Crippen LogP contribution in [-0.4, -0.2) is 30.1 Å². The van der Waals surface area contributed by atoms with Crippen LogP contribution in [0, 0.1) is 0 Å². The van der Waals surface area contributed by atoms with Crippen molar-refractivity contribution in [2.24, 2.45) is 5.73 Å². The lowest BCUT2D eigenvalue weighted by atomic mass is 10.0. The molecule has 154 valence electrons. The van der Waals surface area contributed by atoms with Gasteiger partial charge in [0.15, 0.2) is 6.10 Å². The molecule has 1 fully saturated rings. The first-order chi connectivity index (χ1) is 13.4. The van der Waals surface area contributed by atoms with Gasteiger partial charge in [-0.15, -0.1) is 0 Å². The molecule has 1 aromatic carbocycles. The summed E-state index contributed by atoms with van der Waals surface area (Å²) in [7, 11) is 0. The van der Waals surface area contributed by atoms with Crippen LogP contribution in [0.25, 0.3) is 0 Å². The van der Waals surface area contributed by atoms with E-state index in [9.17, 15) is 14.4 Å². The van der Waals surface area contributed by atoms with Crippen molar-refractivity contribution < 1.29 is 19.1 Å². The van der Waals surface area contributed by atoms with E-state index in [1.807, 2.05) is 0 Å². The second kappa shape index (κ2) is 10.9. The highest BCUT2D eigenvalue weighted by Crippen LogP contribution is 2.25. The van der Waals surface area contributed by atoms with E-state index in [4.69, 9.17) is 22.1 Å². The quantitative estimate of drug-likeness (QED) is 0.474. The molecule has 0 unspecified atom stereocenters. The molecule has 1 aromatic rings. The van der Waals surface area contributed by atoms with Gasteiger partial charge in [0, 0.05) is 11.1 Å². The maximum absolute atomic E-state index is 12.3. The number of nitrogens with one attached hydrogen (secondary N) is 2. The summed E-state index contributed by atoms with van der Waals surface area (Å²) in [6.45, 7) is 1.54. The Morgan fingerprint density at radius 3 is 2.43 bits per heavy atom. The van der Waals surface area contributed by atoms with Gasteiger partial charge in [-0.1, -0.05) is 55.5 Å². The van der Waals surface area contributed by atoms with E-state index < -0.39 is 24.1 Å². The molecule has 4 N–H and O–H groups in total. The lowest BCUT2D eigenvalue weighted by Crippen LogP contribution is -2.42. The molecule has 7 nitrogen and oxygen atoms in total. The van der Waals surface area contributed by atoms with E-state index in [0.717, 1.165) is 25.7 Å². The lowest BCUT2D eigenvalue weighted by Gasteiger charge is -2.22. The SMILES string of the molecule is C[C@@H](OC(=O)C[C@H](NC(N)=O)c1ccccc1Cl)C(=O)NC1CCCCCC1. The molecule has 1 saturated carbocycles. The van der Waals surface area contributed by atoms with Crippen molar-refractivity contribution in [3.8, 4) is 0 Å². The second-order valence-corrected chi connectivity index (χ2v) is 7.52. The van der Waals surface area contributed by atoms with E-state index in [1.165, 1.54) is 19.8 Å². The minimum atomic E-state index is -0.920. The van der Waals surface area contributed by atoms with Crippen LogP contribution < -0.4 is 16.4 Å². The molecular weight excluding hydrogens is 382 g/mol. The van der Waals surface area contributed by atoms with E-state index >= 15 is 0 Å². The first-order valence-electron chi connectivity index (χ1n) is 9.67. The number of carbonyl (C=O) groups is 3. The summed E-state index contributed by atoms with van der Waals surface area (Å²) < 4.78 is 5.27. The minimum absolute atomic E-state index is 0.128. The molecule has 8 heteroatoms. The molecule has 0 spiro atoms. The van der Waals surface area contributed by atoms with Crippen LogP contribution >= 0.6 is 11.6 Å². The maximum atomic E-state index is 12.3. The summed E-state index contributed by atoms with van der Waals surface area (Å²) in [5.41, 5.74) is 5.76. The van der Waals surface area contributed by atoms with E-state index in [0.29, 0.717) is 10.6 Å². The number of benzene rings is 1. The molecule has 0 aromatic heterocycles. The van der Waals surface area contributed by atoms with Crippen LogP contribution in [0.5, 0.6) is 0 Å². The zero-order valence-electron chi connectivity index (χ0n) is 16.1. The summed E-state index contributed by atoms with van der Waals surface area (Å²) in [6.07, 6.45) is 5.35. The van der Waals surface area contributed by atoms with Crippen LogP contribution in [0.15, 0.2) is 24.3 Å². The largest absolute Gasteiger partial charge is 0.452 e. The fraction of sp³-hybridized carbons (Fsp3) is 0.550. The average molecular weight is 410 g/mol. The summed E-state index contributed by atoms with van der Waals surface area (Å²) in [5, 5.41) is 5.86. The lowest BCUT2D eigenvalue weighted by molar-refractivity contribution is -0.155. The van der Waals surface area contributed by atoms with Crippen LogP contribution in [0.4, 0.5) is 4.79 Å². The Morgan fingerprint density at radius 2 is 1.82 bits per heavy atom. The number of amides is 3. The van der Waals surface area contributed by atoms with E-state index in [1.54, 1.807) is 24.3 Å². The highest BCUT2D eigenvalue weighted by Gasteiger charge is 2.25. The Morgan fingerprint density at radius 1 is 1.18 bits per heavy atom. The van der Waals surface area contributed by atoms with Gasteiger partial charge in [0.25, 0.3) is 5.91 Å². The second-order valence-electron chi connectivity index (χ2n) is 7.12. The third kappa shape index (κ3) is 7.03. The Balaban J connectivity index is 1.92. The molecule has 2 rings (SSSR count). The van der Waals surface area contributed by atoms with Gasteiger partial charge in [-0.3, -0.25) is 9.59 Å². The van der Waals surface area contributed by atoms with E-state index in [2.05, 4.69) is 10.6 Å². The molecule has 1 aliphatic carbocycles. The zero-order valence-corrected chi connectivity index (χ0v) is 16.8. The summed E-state index contributed by atoms with van der Waals surface area (Å²) in [4.78, 5) is 36.0. The fourth-order valence-corrected chi connectivity index (χ4v) is 3.64. The molecule has 0 aliphatic heterocycles. The summed E-state index contributed by atoms with van der Waals surface area (Å²) in [5.74, 6) is -0.931. The van der Waals surface area contributed by atoms with E-state index in [-0.39, 0.29) is 18.4 Å². The number of rotatable bonds is 7. The number of hydrogen-bond donors (Lipinski definition) is 3. The number of nitrogens with two attached hydrogens (primary N) is 1. The molecule has 3 amide bonds. The number of ether oxygens (including phenoxy) is 1. The molecular formula is C20H28ClN3O4. The number of halogens is 1. The Kier molecular flexibility index (Phi) is 8.57.